The lowest BCUT2D eigenvalue weighted by molar-refractivity contribution is -0.119. The molecule has 1 aliphatic heterocycles. The Labute approximate surface area is 161 Å². The van der Waals surface area contributed by atoms with Gasteiger partial charge in [-0.15, -0.1) is 0 Å². The summed E-state index contributed by atoms with van der Waals surface area (Å²) in [4.78, 5) is 13.1. The third-order valence-electron chi connectivity index (χ3n) is 4.94. The molecule has 1 unspecified atom stereocenters. The normalized spacial score (nSPS) is 28.1. The number of nitrogens with zero attached hydrogens (tertiary/aromatic N) is 1. The van der Waals surface area contributed by atoms with Crippen molar-refractivity contribution in [3.05, 3.63) is 0 Å². The molecule has 1 atom stereocenters. The minimum Gasteiger partial charge on any atom is -0.444 e. The highest BCUT2D eigenvalue weighted by molar-refractivity contribution is 5.68. The van der Waals surface area contributed by atoms with Crippen LogP contribution in [-0.4, -0.2) is 66.6 Å². The van der Waals surface area contributed by atoms with Gasteiger partial charge in [0.1, 0.15) is 5.60 Å². The van der Waals surface area contributed by atoms with Crippen molar-refractivity contribution in [2.75, 3.05) is 26.8 Å². The van der Waals surface area contributed by atoms with E-state index in [2.05, 4.69) is 0 Å². The molecule has 27 heavy (non-hydrogen) atoms. The monoisotopic (exact) mass is 394 g/mol. The molecule has 0 bridgehead atoms. The maximum Gasteiger partial charge on any atom is 0.410 e. The van der Waals surface area contributed by atoms with Crippen LogP contribution in [0.1, 0.15) is 59.3 Å². The van der Waals surface area contributed by atoms with Crippen LogP contribution in [0.25, 0.3) is 0 Å². The summed E-state index contributed by atoms with van der Waals surface area (Å²) in [5, 5.41) is 7.00. The molecule has 2 rings (SSSR count). The Balaban J connectivity index is 0.00000176. The fourth-order valence-electron chi connectivity index (χ4n) is 3.46. The summed E-state index contributed by atoms with van der Waals surface area (Å²) in [5.74, 6) is -3.66. The number of likely N-dealkylation sites (tertiary alicyclic amines) is 1. The van der Waals surface area contributed by atoms with E-state index in [1.54, 1.807) is 20.8 Å². The lowest BCUT2D eigenvalue weighted by atomic mass is 9.90. The van der Waals surface area contributed by atoms with E-state index in [0.29, 0.717) is 19.6 Å². The van der Waals surface area contributed by atoms with Crippen molar-refractivity contribution in [3.63, 3.8) is 0 Å². The van der Waals surface area contributed by atoms with Gasteiger partial charge in [0.25, 0.3) is 5.92 Å². The zero-order valence-electron chi connectivity index (χ0n) is 17.0. The number of hydrogen-bond donors (Lipinski definition) is 2. The zero-order valence-corrected chi connectivity index (χ0v) is 17.0. The van der Waals surface area contributed by atoms with Crippen LogP contribution in [0.2, 0.25) is 0 Å². The number of ether oxygens (including phenoxy) is 2. The van der Waals surface area contributed by atoms with Crippen molar-refractivity contribution >= 4 is 6.09 Å². The fraction of sp³-hybridized carbons (Fsp3) is 0.947. The number of aliphatic hydroxyl groups excluding tert-OH is 1. The van der Waals surface area contributed by atoms with Gasteiger partial charge in [0, 0.05) is 32.2 Å². The molecule has 2 aliphatic rings. The van der Waals surface area contributed by atoms with Gasteiger partial charge in [0.05, 0.1) is 12.6 Å². The molecule has 6 nitrogen and oxygen atoms in total. The highest BCUT2D eigenvalue weighted by Crippen LogP contribution is 2.36. The van der Waals surface area contributed by atoms with E-state index in [-0.39, 0.29) is 18.6 Å². The zero-order chi connectivity index (χ0) is 20.7. The van der Waals surface area contributed by atoms with E-state index in [1.807, 2.05) is 0 Å². The molecule has 1 saturated carbocycles. The molecule has 1 heterocycles. The molecule has 3 N–H and O–H groups in total. The number of carbonyl (C=O) groups is 1. The molecule has 0 aromatic rings. The van der Waals surface area contributed by atoms with E-state index in [1.165, 1.54) is 0 Å². The highest BCUT2D eigenvalue weighted by atomic mass is 19.3. The van der Waals surface area contributed by atoms with Crippen molar-refractivity contribution < 1.29 is 28.2 Å². The largest absolute Gasteiger partial charge is 0.444 e. The SMILES string of the molecule is CC(C)(C)OC(=O)N1CCC(CCOC2CCC(N)CC2)C(F)(F)C1.CO. The van der Waals surface area contributed by atoms with E-state index >= 15 is 0 Å². The summed E-state index contributed by atoms with van der Waals surface area (Å²) in [5.41, 5.74) is 5.18. The summed E-state index contributed by atoms with van der Waals surface area (Å²) in [6.45, 7) is 5.24. The van der Waals surface area contributed by atoms with Crippen LogP contribution in [0.5, 0.6) is 0 Å². The highest BCUT2D eigenvalue weighted by Gasteiger charge is 2.46. The van der Waals surface area contributed by atoms with E-state index in [9.17, 15) is 13.6 Å². The first kappa shape index (κ1) is 24.0. The summed E-state index contributed by atoms with van der Waals surface area (Å²) in [6, 6.07) is 0.251. The predicted octanol–water partition coefficient (Wildman–Crippen LogP) is 3.16. The van der Waals surface area contributed by atoms with Crippen LogP contribution in [0.15, 0.2) is 0 Å². The van der Waals surface area contributed by atoms with Gasteiger partial charge in [-0.3, -0.25) is 0 Å². The summed E-state index contributed by atoms with van der Waals surface area (Å²) in [7, 11) is 1.00. The minimum absolute atomic E-state index is 0.148. The fourth-order valence-corrected chi connectivity index (χ4v) is 3.46. The number of aliphatic hydroxyl groups is 1. The van der Waals surface area contributed by atoms with Gasteiger partial charge in [-0.2, -0.15) is 0 Å². The van der Waals surface area contributed by atoms with Crippen LogP contribution in [-0.2, 0) is 9.47 Å². The predicted molar refractivity (Wildman–Crippen MR) is 99.8 cm³/mol. The Kier molecular flexibility index (Phi) is 9.38. The maximum absolute atomic E-state index is 14.4. The number of halogens is 2. The molecule has 2 fully saturated rings. The quantitative estimate of drug-likeness (QED) is 0.765. The molecule has 160 valence electrons. The average Bonchev–Trinajstić information content (AvgIpc) is 2.58. The first-order valence-electron chi connectivity index (χ1n) is 9.74. The molecule has 1 aliphatic carbocycles. The van der Waals surface area contributed by atoms with Gasteiger partial charge in [0.2, 0.25) is 0 Å². The van der Waals surface area contributed by atoms with Crippen LogP contribution in [0.3, 0.4) is 0 Å². The van der Waals surface area contributed by atoms with E-state index in [0.717, 1.165) is 37.7 Å². The molecule has 8 heteroatoms. The molecule has 0 aromatic heterocycles. The van der Waals surface area contributed by atoms with Crippen LogP contribution < -0.4 is 5.73 Å². The summed E-state index contributed by atoms with van der Waals surface area (Å²) in [6.07, 6.45) is 3.77. The van der Waals surface area contributed by atoms with Gasteiger partial charge < -0.3 is 25.2 Å². The molecule has 0 aromatic carbocycles. The van der Waals surface area contributed by atoms with Crippen molar-refractivity contribution in [3.8, 4) is 0 Å². The number of carbonyl (C=O) groups excluding carboxylic acids is 1. The number of alkyl halides is 2. The average molecular weight is 395 g/mol. The van der Waals surface area contributed by atoms with Crippen molar-refractivity contribution in [1.29, 1.82) is 0 Å². The number of amides is 1. The number of rotatable bonds is 4. The second-order valence-electron chi connectivity index (χ2n) is 8.34. The second kappa shape index (κ2) is 10.5. The Hall–Kier alpha value is -0.990. The van der Waals surface area contributed by atoms with Gasteiger partial charge >= 0.3 is 6.09 Å². The lowest BCUT2D eigenvalue weighted by Crippen LogP contribution is -2.52. The van der Waals surface area contributed by atoms with Gasteiger partial charge in [-0.1, -0.05) is 0 Å². The summed E-state index contributed by atoms with van der Waals surface area (Å²) >= 11 is 0. The topological polar surface area (TPSA) is 85.0 Å². The molecule has 1 amide bonds. The smallest absolute Gasteiger partial charge is 0.410 e. The Bertz CT molecular complexity index is 449. The molecular formula is C19H36F2N2O4. The van der Waals surface area contributed by atoms with Gasteiger partial charge in [0.15, 0.2) is 0 Å². The molecule has 0 radical (unpaired) electrons. The maximum atomic E-state index is 14.4. The minimum atomic E-state index is -2.91. The Morgan fingerprint density at radius 1 is 1.19 bits per heavy atom. The number of piperidine rings is 1. The van der Waals surface area contributed by atoms with Gasteiger partial charge in [-0.25, -0.2) is 13.6 Å². The first-order chi connectivity index (χ1) is 12.6. The number of nitrogens with two attached hydrogens (primary N) is 1. The van der Waals surface area contributed by atoms with E-state index in [4.69, 9.17) is 20.3 Å². The van der Waals surface area contributed by atoms with Gasteiger partial charge in [-0.05, 0) is 59.3 Å². The first-order valence-corrected chi connectivity index (χ1v) is 9.74. The Morgan fingerprint density at radius 3 is 2.30 bits per heavy atom. The summed E-state index contributed by atoms with van der Waals surface area (Å²) < 4.78 is 39.8. The van der Waals surface area contributed by atoms with Crippen molar-refractivity contribution in [2.24, 2.45) is 11.7 Å². The van der Waals surface area contributed by atoms with Crippen LogP contribution in [0, 0.1) is 5.92 Å². The van der Waals surface area contributed by atoms with Crippen molar-refractivity contribution in [1.82, 2.24) is 4.90 Å². The molecule has 0 spiro atoms. The Morgan fingerprint density at radius 2 is 1.78 bits per heavy atom. The number of hydrogen-bond acceptors (Lipinski definition) is 5. The van der Waals surface area contributed by atoms with Crippen LogP contribution >= 0.6 is 0 Å². The third-order valence-corrected chi connectivity index (χ3v) is 4.94. The molecular weight excluding hydrogens is 358 g/mol. The van der Waals surface area contributed by atoms with Crippen molar-refractivity contribution in [2.45, 2.75) is 83.0 Å². The lowest BCUT2D eigenvalue weighted by Gasteiger charge is -2.39. The molecule has 1 saturated heterocycles. The van der Waals surface area contributed by atoms with E-state index < -0.39 is 30.1 Å². The van der Waals surface area contributed by atoms with Crippen LogP contribution in [0.4, 0.5) is 13.6 Å². The second-order valence-corrected chi connectivity index (χ2v) is 8.34. The standard InChI is InChI=1S/C18H32F2N2O3.CH4O/c1-17(2,3)25-16(23)22-10-8-13(18(19,20)12-22)9-11-24-15-6-4-14(21)5-7-15;1-2/h13-15H,4-12,21H2,1-3H3;2H,1H3. The third kappa shape index (κ3) is 8.27.